The van der Waals surface area contributed by atoms with Gasteiger partial charge in [0.15, 0.2) is 11.5 Å². The van der Waals surface area contributed by atoms with E-state index in [2.05, 4.69) is 0 Å². The smallest absolute Gasteiger partial charge is 0.492 e. The molecule has 0 aromatic heterocycles. The van der Waals surface area contributed by atoms with Gasteiger partial charge >= 0.3 is 6.16 Å². The Hall–Kier alpha value is -2.31. The van der Waals surface area contributed by atoms with E-state index < -0.39 is 11.8 Å². The number of benzene rings is 1. The minimum Gasteiger partial charge on any atom is -0.492 e. The predicted molar refractivity (Wildman–Crippen MR) is 84.2 cm³/mol. The fourth-order valence-electron chi connectivity index (χ4n) is 2.06. The van der Waals surface area contributed by atoms with Gasteiger partial charge in [0.1, 0.15) is 5.60 Å². The summed E-state index contributed by atoms with van der Waals surface area (Å²) in [4.78, 5) is 12.0. The molecule has 0 aliphatic heterocycles. The number of methoxy groups -OCH3 is 4. The fourth-order valence-corrected chi connectivity index (χ4v) is 2.06. The molecule has 7 nitrogen and oxygen atoms in total. The van der Waals surface area contributed by atoms with Crippen LogP contribution in [0.15, 0.2) is 0 Å². The van der Waals surface area contributed by atoms with Crippen LogP contribution in [0, 0.1) is 6.92 Å². The number of carbonyl (C=O) groups excluding carboxylic acids is 1. The second-order valence-corrected chi connectivity index (χ2v) is 5.65. The first kappa shape index (κ1) is 18.7. The van der Waals surface area contributed by atoms with Gasteiger partial charge in [0.05, 0.1) is 28.4 Å². The van der Waals surface area contributed by atoms with E-state index in [1.54, 1.807) is 27.7 Å². The molecule has 0 aliphatic carbocycles. The van der Waals surface area contributed by atoms with E-state index in [1.165, 1.54) is 28.4 Å². The Kier molecular flexibility index (Phi) is 5.95. The second-order valence-electron chi connectivity index (χ2n) is 5.65. The number of hydrogen-bond acceptors (Lipinski definition) is 7. The lowest BCUT2D eigenvalue weighted by Crippen LogP contribution is -2.26. The molecule has 0 fully saturated rings. The molecule has 0 spiro atoms. The molecule has 0 amide bonds. The molecule has 1 aromatic carbocycles. The molecule has 23 heavy (non-hydrogen) atoms. The van der Waals surface area contributed by atoms with E-state index in [4.69, 9.17) is 28.4 Å². The summed E-state index contributed by atoms with van der Waals surface area (Å²) in [6, 6.07) is 0. The third-order valence-electron chi connectivity index (χ3n) is 2.90. The maximum Gasteiger partial charge on any atom is 0.514 e. The van der Waals surface area contributed by atoms with Crippen LogP contribution < -0.4 is 23.7 Å². The summed E-state index contributed by atoms with van der Waals surface area (Å²) >= 11 is 0. The minimum absolute atomic E-state index is 0.0311. The number of rotatable bonds is 5. The molecular formula is C16H24O7. The van der Waals surface area contributed by atoms with Crippen molar-refractivity contribution in [3.63, 3.8) is 0 Å². The van der Waals surface area contributed by atoms with Gasteiger partial charge in [0.2, 0.25) is 17.2 Å². The molecule has 0 unspecified atom stereocenters. The summed E-state index contributed by atoms with van der Waals surface area (Å²) in [5.74, 6) is 1.22. The van der Waals surface area contributed by atoms with Crippen molar-refractivity contribution < 1.29 is 33.2 Å². The van der Waals surface area contributed by atoms with E-state index in [0.717, 1.165) is 0 Å². The van der Waals surface area contributed by atoms with E-state index in [9.17, 15) is 4.79 Å². The zero-order chi connectivity index (χ0) is 17.8. The topological polar surface area (TPSA) is 72.5 Å². The van der Waals surface area contributed by atoms with E-state index >= 15 is 0 Å². The van der Waals surface area contributed by atoms with Gasteiger partial charge < -0.3 is 28.4 Å². The first-order valence-corrected chi connectivity index (χ1v) is 6.97. The first-order chi connectivity index (χ1) is 10.7. The number of ether oxygens (including phenoxy) is 6. The van der Waals surface area contributed by atoms with Crippen molar-refractivity contribution in [1.82, 2.24) is 0 Å². The number of carbonyl (C=O) groups is 1. The maximum atomic E-state index is 12.0. The minimum atomic E-state index is -0.887. The average Bonchev–Trinajstić information content (AvgIpc) is 2.45. The summed E-state index contributed by atoms with van der Waals surface area (Å²) in [7, 11) is 5.83. The highest BCUT2D eigenvalue weighted by molar-refractivity contribution is 5.75. The van der Waals surface area contributed by atoms with Crippen molar-refractivity contribution in [2.45, 2.75) is 33.3 Å². The van der Waals surface area contributed by atoms with Gasteiger partial charge in [-0.3, -0.25) is 0 Å². The van der Waals surface area contributed by atoms with Crippen LogP contribution in [0.4, 0.5) is 4.79 Å². The lowest BCUT2D eigenvalue weighted by Gasteiger charge is -2.22. The average molecular weight is 328 g/mol. The van der Waals surface area contributed by atoms with Crippen LogP contribution in [0.2, 0.25) is 0 Å². The molecule has 0 bridgehead atoms. The van der Waals surface area contributed by atoms with Gasteiger partial charge in [0, 0.05) is 5.56 Å². The van der Waals surface area contributed by atoms with Crippen LogP contribution in [0.5, 0.6) is 28.7 Å². The highest BCUT2D eigenvalue weighted by atomic mass is 16.7. The highest BCUT2D eigenvalue weighted by Gasteiger charge is 2.30. The van der Waals surface area contributed by atoms with Crippen LogP contribution in [-0.2, 0) is 4.74 Å². The molecule has 0 saturated heterocycles. The second kappa shape index (κ2) is 7.30. The van der Waals surface area contributed by atoms with Crippen molar-refractivity contribution in [2.24, 2.45) is 0 Å². The normalized spacial score (nSPS) is 10.8. The van der Waals surface area contributed by atoms with E-state index in [-0.39, 0.29) is 17.2 Å². The monoisotopic (exact) mass is 328 g/mol. The Morgan fingerprint density at radius 2 is 1.13 bits per heavy atom. The predicted octanol–water partition coefficient (Wildman–Crippen LogP) is 3.34. The van der Waals surface area contributed by atoms with Crippen LogP contribution in [0.3, 0.4) is 0 Å². The molecule has 0 saturated carbocycles. The molecule has 1 aromatic rings. The van der Waals surface area contributed by atoms with Crippen molar-refractivity contribution in [3.05, 3.63) is 5.56 Å². The molecule has 0 atom stereocenters. The van der Waals surface area contributed by atoms with Gasteiger partial charge in [0.25, 0.3) is 0 Å². The van der Waals surface area contributed by atoms with Crippen molar-refractivity contribution in [1.29, 1.82) is 0 Å². The summed E-state index contributed by atoms with van der Waals surface area (Å²) in [5.41, 5.74) is -0.0450. The van der Waals surface area contributed by atoms with Crippen LogP contribution in [0.1, 0.15) is 26.3 Å². The summed E-state index contributed by atoms with van der Waals surface area (Å²) in [5, 5.41) is 0. The first-order valence-electron chi connectivity index (χ1n) is 6.97. The summed E-state index contributed by atoms with van der Waals surface area (Å²) < 4.78 is 31.8. The Labute approximate surface area is 136 Å². The quantitative estimate of drug-likeness (QED) is 0.606. The van der Waals surface area contributed by atoms with E-state index in [0.29, 0.717) is 17.1 Å². The van der Waals surface area contributed by atoms with Gasteiger partial charge in [-0.1, -0.05) is 0 Å². The Morgan fingerprint density at radius 1 is 0.739 bits per heavy atom. The largest absolute Gasteiger partial charge is 0.514 e. The fraction of sp³-hybridized carbons (Fsp3) is 0.562. The third-order valence-corrected chi connectivity index (χ3v) is 2.90. The Balaban J connectivity index is 3.46. The standard InChI is InChI=1S/C16H24O7/c1-9-10(18-5)12(20-7)14(13(21-8)11(9)19-6)22-15(17)23-16(2,3)4/h1-8H3. The van der Waals surface area contributed by atoms with Crippen molar-refractivity contribution >= 4 is 6.16 Å². The molecule has 0 aliphatic rings. The lowest BCUT2D eigenvalue weighted by molar-refractivity contribution is 0.0194. The molecule has 7 heteroatoms. The van der Waals surface area contributed by atoms with Gasteiger partial charge in [-0.05, 0) is 27.7 Å². The maximum absolute atomic E-state index is 12.0. The van der Waals surface area contributed by atoms with E-state index in [1.807, 2.05) is 0 Å². The van der Waals surface area contributed by atoms with Crippen LogP contribution >= 0.6 is 0 Å². The highest BCUT2D eigenvalue weighted by Crippen LogP contribution is 2.53. The zero-order valence-corrected chi connectivity index (χ0v) is 14.9. The third kappa shape index (κ3) is 4.12. The molecule has 130 valence electrons. The summed E-state index contributed by atoms with van der Waals surface area (Å²) in [6.45, 7) is 6.98. The molecule has 0 N–H and O–H groups in total. The van der Waals surface area contributed by atoms with Crippen molar-refractivity contribution in [2.75, 3.05) is 28.4 Å². The summed E-state index contributed by atoms with van der Waals surface area (Å²) in [6.07, 6.45) is -0.887. The lowest BCUT2D eigenvalue weighted by atomic mass is 10.1. The Bertz CT molecular complexity index is 540. The van der Waals surface area contributed by atoms with Crippen molar-refractivity contribution in [3.8, 4) is 28.7 Å². The molecule has 0 heterocycles. The van der Waals surface area contributed by atoms with Gasteiger partial charge in [-0.2, -0.15) is 0 Å². The molecule has 1 rings (SSSR count). The van der Waals surface area contributed by atoms with Crippen LogP contribution in [0.25, 0.3) is 0 Å². The SMILES string of the molecule is COc1c(C)c(OC)c(OC)c(OC(=O)OC(C)(C)C)c1OC. The molecule has 0 radical (unpaired) electrons. The Morgan fingerprint density at radius 3 is 1.43 bits per heavy atom. The molecular weight excluding hydrogens is 304 g/mol. The van der Waals surface area contributed by atoms with Gasteiger partial charge in [-0.25, -0.2) is 4.79 Å². The zero-order valence-electron chi connectivity index (χ0n) is 14.9. The van der Waals surface area contributed by atoms with Crippen LogP contribution in [-0.4, -0.2) is 40.2 Å². The number of hydrogen-bond donors (Lipinski definition) is 0. The van der Waals surface area contributed by atoms with Gasteiger partial charge in [-0.15, -0.1) is 0 Å².